The Balaban J connectivity index is 1.53. The number of hydrogen-bond acceptors (Lipinski definition) is 5. The van der Waals surface area contributed by atoms with Crippen LogP contribution in [0.1, 0.15) is 28.1 Å². The summed E-state index contributed by atoms with van der Waals surface area (Å²) >= 11 is 0.849. The SMILES string of the molecule is COc1ccc(-n2c(C)cc(/C=C3\SC(=O)N(CC(=O)Nc4c(C)cccc4C)C3=O)c2C)cc1. The number of imide groups is 1. The first-order valence-corrected chi connectivity index (χ1v) is 12.0. The van der Waals surface area contributed by atoms with Crippen molar-refractivity contribution in [2.75, 3.05) is 19.0 Å². The van der Waals surface area contributed by atoms with Crippen molar-refractivity contribution in [3.05, 3.63) is 81.5 Å². The van der Waals surface area contributed by atoms with Gasteiger partial charge in [0.25, 0.3) is 11.1 Å². The maximum atomic E-state index is 13.0. The van der Waals surface area contributed by atoms with Crippen LogP contribution in [0.2, 0.25) is 0 Å². The third-order valence-corrected chi connectivity index (χ3v) is 6.92. The standard InChI is InChI=1S/C27H27N3O4S/c1-16-7-6-8-17(2)25(16)28-24(31)15-29-26(32)23(35-27(29)33)14-20-13-18(3)30(19(20)4)21-9-11-22(34-5)12-10-21/h6-14H,15H2,1-5H3,(H,28,31)/b23-14-. The van der Waals surface area contributed by atoms with E-state index in [9.17, 15) is 14.4 Å². The van der Waals surface area contributed by atoms with E-state index in [0.29, 0.717) is 10.6 Å². The van der Waals surface area contributed by atoms with E-state index in [2.05, 4.69) is 9.88 Å². The number of ether oxygens (including phenoxy) is 1. The van der Waals surface area contributed by atoms with Gasteiger partial charge in [-0.05, 0) is 92.6 Å². The van der Waals surface area contributed by atoms with E-state index in [1.807, 2.05) is 76.2 Å². The number of carbonyl (C=O) groups excluding carboxylic acids is 3. The van der Waals surface area contributed by atoms with Gasteiger partial charge in [0.15, 0.2) is 0 Å². The molecule has 3 aromatic rings. The molecule has 1 N–H and O–H groups in total. The first-order valence-electron chi connectivity index (χ1n) is 11.1. The molecule has 7 nitrogen and oxygen atoms in total. The first kappa shape index (κ1) is 24.3. The molecule has 0 unspecified atom stereocenters. The number of thioether (sulfide) groups is 1. The van der Waals surface area contributed by atoms with Crippen LogP contribution in [0.3, 0.4) is 0 Å². The molecule has 0 saturated carbocycles. The number of anilines is 1. The molecular formula is C27H27N3O4S. The summed E-state index contributed by atoms with van der Waals surface area (Å²) in [6, 6.07) is 15.4. The number of para-hydroxylation sites is 1. The van der Waals surface area contributed by atoms with E-state index in [1.54, 1.807) is 13.2 Å². The predicted octanol–water partition coefficient (Wildman–Crippen LogP) is 5.39. The van der Waals surface area contributed by atoms with Gasteiger partial charge in [-0.3, -0.25) is 19.3 Å². The molecule has 3 amide bonds. The molecule has 0 spiro atoms. The summed E-state index contributed by atoms with van der Waals surface area (Å²) in [6.45, 7) is 7.41. The Morgan fingerprint density at radius 1 is 1.03 bits per heavy atom. The Hall–Kier alpha value is -3.78. The highest BCUT2D eigenvalue weighted by atomic mass is 32.2. The minimum Gasteiger partial charge on any atom is -0.497 e. The van der Waals surface area contributed by atoms with Gasteiger partial charge in [-0.2, -0.15) is 0 Å². The lowest BCUT2D eigenvalue weighted by atomic mass is 10.1. The number of methoxy groups -OCH3 is 1. The maximum Gasteiger partial charge on any atom is 0.294 e. The molecule has 0 radical (unpaired) electrons. The number of aromatic nitrogens is 1. The maximum absolute atomic E-state index is 13.0. The summed E-state index contributed by atoms with van der Waals surface area (Å²) in [5, 5.41) is 2.37. The van der Waals surface area contributed by atoms with E-state index in [-0.39, 0.29) is 6.54 Å². The molecule has 1 aromatic heterocycles. The Labute approximate surface area is 208 Å². The summed E-state index contributed by atoms with van der Waals surface area (Å²) in [5.41, 5.74) is 6.27. The van der Waals surface area contributed by atoms with Crippen molar-refractivity contribution in [2.45, 2.75) is 27.7 Å². The molecule has 0 atom stereocenters. The van der Waals surface area contributed by atoms with Gasteiger partial charge < -0.3 is 14.6 Å². The fraction of sp³-hybridized carbons (Fsp3) is 0.222. The van der Waals surface area contributed by atoms with Gasteiger partial charge in [0.1, 0.15) is 12.3 Å². The first-order chi connectivity index (χ1) is 16.7. The number of carbonyl (C=O) groups is 3. The summed E-state index contributed by atoms with van der Waals surface area (Å²) in [6.07, 6.45) is 1.72. The highest BCUT2D eigenvalue weighted by molar-refractivity contribution is 8.18. The van der Waals surface area contributed by atoms with E-state index in [1.165, 1.54) is 0 Å². The monoisotopic (exact) mass is 489 g/mol. The Kier molecular flexibility index (Phi) is 6.84. The summed E-state index contributed by atoms with van der Waals surface area (Å²) in [7, 11) is 1.62. The van der Waals surface area contributed by atoms with Crippen molar-refractivity contribution < 1.29 is 19.1 Å². The molecule has 0 bridgehead atoms. The van der Waals surface area contributed by atoms with Crippen molar-refractivity contribution in [1.82, 2.24) is 9.47 Å². The lowest BCUT2D eigenvalue weighted by Crippen LogP contribution is -2.36. The number of amides is 3. The predicted molar refractivity (Wildman–Crippen MR) is 139 cm³/mol. The average molecular weight is 490 g/mol. The second kappa shape index (κ2) is 9.84. The van der Waals surface area contributed by atoms with Crippen LogP contribution in [0.4, 0.5) is 10.5 Å². The lowest BCUT2D eigenvalue weighted by Gasteiger charge is -2.15. The second-order valence-corrected chi connectivity index (χ2v) is 9.44. The van der Waals surface area contributed by atoms with Gasteiger partial charge in [0, 0.05) is 22.8 Å². The zero-order valence-corrected chi connectivity index (χ0v) is 21.2. The van der Waals surface area contributed by atoms with Crippen molar-refractivity contribution in [3.63, 3.8) is 0 Å². The Morgan fingerprint density at radius 3 is 2.31 bits per heavy atom. The highest BCUT2D eigenvalue weighted by Gasteiger charge is 2.36. The minimum atomic E-state index is -0.467. The molecule has 1 aliphatic heterocycles. The van der Waals surface area contributed by atoms with Gasteiger partial charge in [0.2, 0.25) is 5.91 Å². The quantitative estimate of drug-likeness (QED) is 0.469. The highest BCUT2D eigenvalue weighted by Crippen LogP contribution is 2.34. The number of hydrogen-bond donors (Lipinski definition) is 1. The second-order valence-electron chi connectivity index (χ2n) is 8.44. The third-order valence-electron chi connectivity index (χ3n) is 6.01. The van der Waals surface area contributed by atoms with E-state index >= 15 is 0 Å². The van der Waals surface area contributed by atoms with Crippen LogP contribution in [0.25, 0.3) is 11.8 Å². The molecule has 0 aliphatic carbocycles. The molecule has 1 fully saturated rings. The van der Waals surface area contributed by atoms with Crippen LogP contribution in [0.15, 0.2) is 53.4 Å². The normalized spacial score (nSPS) is 14.7. The molecule has 1 saturated heterocycles. The fourth-order valence-corrected chi connectivity index (χ4v) is 5.00. The molecule has 2 heterocycles. The summed E-state index contributed by atoms with van der Waals surface area (Å²) < 4.78 is 7.32. The molecule has 35 heavy (non-hydrogen) atoms. The van der Waals surface area contributed by atoms with Gasteiger partial charge in [0.05, 0.1) is 12.0 Å². The van der Waals surface area contributed by atoms with Crippen LogP contribution in [-0.4, -0.2) is 40.2 Å². The minimum absolute atomic E-state index is 0.296. The van der Waals surface area contributed by atoms with E-state index in [0.717, 1.165) is 56.2 Å². The van der Waals surface area contributed by atoms with Gasteiger partial charge in [-0.25, -0.2) is 0 Å². The van der Waals surface area contributed by atoms with Crippen molar-refractivity contribution in [1.29, 1.82) is 0 Å². The van der Waals surface area contributed by atoms with Crippen LogP contribution in [0, 0.1) is 27.7 Å². The molecule has 1 aliphatic rings. The number of aryl methyl sites for hydroxylation is 3. The zero-order chi connectivity index (χ0) is 25.3. The van der Waals surface area contributed by atoms with E-state index in [4.69, 9.17) is 4.74 Å². The largest absolute Gasteiger partial charge is 0.497 e. The third kappa shape index (κ3) is 4.88. The molecule has 4 rings (SSSR count). The topological polar surface area (TPSA) is 80.6 Å². The Morgan fingerprint density at radius 2 is 1.69 bits per heavy atom. The van der Waals surface area contributed by atoms with Gasteiger partial charge in [-0.15, -0.1) is 0 Å². The molecular weight excluding hydrogens is 462 g/mol. The summed E-state index contributed by atoms with van der Waals surface area (Å²) in [4.78, 5) is 39.5. The average Bonchev–Trinajstić information content (AvgIpc) is 3.25. The van der Waals surface area contributed by atoms with Crippen molar-refractivity contribution in [3.8, 4) is 11.4 Å². The van der Waals surface area contributed by atoms with Crippen LogP contribution in [0.5, 0.6) is 5.75 Å². The van der Waals surface area contributed by atoms with E-state index < -0.39 is 17.1 Å². The fourth-order valence-electron chi connectivity index (χ4n) is 4.17. The molecule has 180 valence electrons. The molecule has 8 heteroatoms. The van der Waals surface area contributed by atoms with Crippen molar-refractivity contribution >= 4 is 40.6 Å². The number of nitrogens with zero attached hydrogens (tertiary/aromatic N) is 2. The lowest BCUT2D eigenvalue weighted by molar-refractivity contribution is -0.127. The Bertz CT molecular complexity index is 1340. The number of benzene rings is 2. The van der Waals surface area contributed by atoms with Crippen molar-refractivity contribution in [2.24, 2.45) is 0 Å². The molecule has 2 aromatic carbocycles. The number of rotatable bonds is 6. The van der Waals surface area contributed by atoms with Crippen LogP contribution < -0.4 is 10.1 Å². The van der Waals surface area contributed by atoms with Crippen LogP contribution >= 0.6 is 11.8 Å². The van der Waals surface area contributed by atoms with Gasteiger partial charge >= 0.3 is 0 Å². The zero-order valence-electron chi connectivity index (χ0n) is 20.3. The summed E-state index contributed by atoms with van der Waals surface area (Å²) in [5.74, 6) is -0.110. The van der Waals surface area contributed by atoms with Gasteiger partial charge in [-0.1, -0.05) is 18.2 Å². The smallest absolute Gasteiger partial charge is 0.294 e. The number of nitrogens with one attached hydrogen (secondary N) is 1. The van der Waals surface area contributed by atoms with Crippen LogP contribution in [-0.2, 0) is 9.59 Å².